The Labute approximate surface area is 122 Å². The third kappa shape index (κ3) is 5.01. The van der Waals surface area contributed by atoms with Crippen molar-refractivity contribution in [3.8, 4) is 0 Å². The summed E-state index contributed by atoms with van der Waals surface area (Å²) in [6.45, 7) is 0.338. The van der Waals surface area contributed by atoms with E-state index >= 15 is 0 Å². The van der Waals surface area contributed by atoms with Crippen LogP contribution in [0.15, 0.2) is 34.8 Å². The zero-order valence-corrected chi connectivity index (χ0v) is 12.2. The number of hydrogen-bond acceptors (Lipinski definition) is 5. The fourth-order valence-corrected chi connectivity index (χ4v) is 2.06. The third-order valence-corrected chi connectivity index (χ3v) is 3.20. The maximum Gasteiger partial charge on any atom is 0.244 e. The molecule has 0 radical (unpaired) electrons. The number of aromatic nitrogens is 1. The van der Waals surface area contributed by atoms with Gasteiger partial charge in [-0.25, -0.2) is 18.1 Å². The lowest BCUT2D eigenvalue weighted by Crippen LogP contribution is -2.33. The van der Waals surface area contributed by atoms with Crippen molar-refractivity contribution >= 4 is 33.1 Å². The van der Waals surface area contributed by atoms with Crippen LogP contribution in [0.2, 0.25) is 0 Å². The molecule has 0 saturated heterocycles. The van der Waals surface area contributed by atoms with Crippen molar-refractivity contribution in [2.75, 3.05) is 19.3 Å². The Kier molecular flexibility index (Phi) is 4.71. The van der Waals surface area contributed by atoms with E-state index in [0.29, 0.717) is 11.5 Å². The smallest absolute Gasteiger partial charge is 0.244 e. The van der Waals surface area contributed by atoms with Gasteiger partial charge in [0.15, 0.2) is 5.58 Å². The summed E-state index contributed by atoms with van der Waals surface area (Å²) in [4.78, 5) is 15.7. The SMILES string of the molecule is CS(=O)(=O)NCCNC(=O)/C=C/c1nc2ccccc2o1. The highest BCUT2D eigenvalue weighted by Gasteiger charge is 2.03. The Hall–Kier alpha value is -2.19. The predicted octanol–water partition coefficient (Wildman–Crippen LogP) is 0.506. The van der Waals surface area contributed by atoms with E-state index in [0.717, 1.165) is 11.8 Å². The van der Waals surface area contributed by atoms with Crippen LogP contribution in [0.4, 0.5) is 0 Å². The zero-order chi connectivity index (χ0) is 15.3. The lowest BCUT2D eigenvalue weighted by Gasteiger charge is -2.02. The number of hydrogen-bond donors (Lipinski definition) is 2. The normalized spacial score (nSPS) is 12.0. The molecule has 0 bridgehead atoms. The van der Waals surface area contributed by atoms with Crippen molar-refractivity contribution in [1.29, 1.82) is 0 Å². The highest BCUT2D eigenvalue weighted by atomic mass is 32.2. The molecular formula is C13H15N3O4S. The van der Waals surface area contributed by atoms with Crippen LogP contribution in [0, 0.1) is 0 Å². The number of benzene rings is 1. The number of amides is 1. The lowest BCUT2D eigenvalue weighted by molar-refractivity contribution is -0.116. The maximum atomic E-state index is 11.5. The van der Waals surface area contributed by atoms with E-state index in [2.05, 4.69) is 15.0 Å². The van der Waals surface area contributed by atoms with E-state index < -0.39 is 10.0 Å². The molecule has 0 aliphatic carbocycles. The van der Waals surface area contributed by atoms with Gasteiger partial charge in [-0.3, -0.25) is 4.79 Å². The second-order valence-corrected chi connectivity index (χ2v) is 6.14. The fraction of sp³-hybridized carbons (Fsp3) is 0.231. The number of fused-ring (bicyclic) bond motifs is 1. The highest BCUT2D eigenvalue weighted by Crippen LogP contribution is 2.15. The molecule has 2 N–H and O–H groups in total. The second kappa shape index (κ2) is 6.51. The van der Waals surface area contributed by atoms with Gasteiger partial charge in [0.05, 0.1) is 6.26 Å². The second-order valence-electron chi connectivity index (χ2n) is 4.31. The van der Waals surface area contributed by atoms with Crippen LogP contribution < -0.4 is 10.0 Å². The number of para-hydroxylation sites is 2. The number of nitrogens with one attached hydrogen (secondary N) is 2. The molecule has 0 unspecified atom stereocenters. The van der Waals surface area contributed by atoms with Crippen LogP contribution in [-0.4, -0.2) is 38.7 Å². The molecule has 1 heterocycles. The molecule has 1 aromatic carbocycles. The Balaban J connectivity index is 1.84. The summed E-state index contributed by atoms with van der Waals surface area (Å²) in [5.74, 6) is -0.0202. The van der Waals surface area contributed by atoms with Crippen molar-refractivity contribution in [3.05, 3.63) is 36.2 Å². The maximum absolute atomic E-state index is 11.5. The first-order valence-corrected chi connectivity index (χ1v) is 8.09. The van der Waals surface area contributed by atoms with Gasteiger partial charge in [-0.05, 0) is 12.1 Å². The standard InChI is InChI=1S/C13H15N3O4S/c1-21(18,19)15-9-8-14-12(17)6-7-13-16-10-4-2-3-5-11(10)20-13/h2-7,15H,8-9H2,1H3,(H,14,17)/b7-6+. The molecule has 112 valence electrons. The largest absolute Gasteiger partial charge is 0.437 e. The minimum absolute atomic E-state index is 0.140. The molecular weight excluding hydrogens is 294 g/mol. The van der Waals surface area contributed by atoms with Crippen LogP contribution in [0.25, 0.3) is 17.2 Å². The Morgan fingerprint density at radius 2 is 2.10 bits per heavy atom. The lowest BCUT2D eigenvalue weighted by atomic mass is 10.3. The highest BCUT2D eigenvalue weighted by molar-refractivity contribution is 7.88. The summed E-state index contributed by atoms with van der Waals surface area (Å²) in [5, 5.41) is 2.54. The van der Waals surface area contributed by atoms with Crippen LogP contribution >= 0.6 is 0 Å². The minimum atomic E-state index is -3.24. The number of carbonyl (C=O) groups is 1. The predicted molar refractivity (Wildman–Crippen MR) is 78.9 cm³/mol. The van der Waals surface area contributed by atoms with Crippen molar-refractivity contribution in [1.82, 2.24) is 15.0 Å². The molecule has 0 aliphatic rings. The van der Waals surface area contributed by atoms with E-state index in [1.807, 2.05) is 18.2 Å². The summed E-state index contributed by atoms with van der Waals surface area (Å²) >= 11 is 0. The molecule has 0 fully saturated rings. The first kappa shape index (κ1) is 15.2. The Morgan fingerprint density at radius 3 is 2.81 bits per heavy atom. The average molecular weight is 309 g/mol. The van der Waals surface area contributed by atoms with Gasteiger partial charge in [-0.15, -0.1) is 0 Å². The van der Waals surface area contributed by atoms with E-state index in [-0.39, 0.29) is 19.0 Å². The molecule has 0 atom stereocenters. The van der Waals surface area contributed by atoms with Crippen LogP contribution in [0.1, 0.15) is 5.89 Å². The first-order chi connectivity index (χ1) is 9.94. The molecule has 8 heteroatoms. The zero-order valence-electron chi connectivity index (χ0n) is 11.4. The Morgan fingerprint density at radius 1 is 1.33 bits per heavy atom. The van der Waals surface area contributed by atoms with Crippen molar-refractivity contribution in [3.63, 3.8) is 0 Å². The van der Waals surface area contributed by atoms with Gasteiger partial charge in [0.1, 0.15) is 5.52 Å². The minimum Gasteiger partial charge on any atom is -0.437 e. The van der Waals surface area contributed by atoms with Gasteiger partial charge in [-0.1, -0.05) is 12.1 Å². The van der Waals surface area contributed by atoms with Crippen molar-refractivity contribution in [2.24, 2.45) is 0 Å². The van der Waals surface area contributed by atoms with Gasteiger partial charge >= 0.3 is 0 Å². The summed E-state index contributed by atoms with van der Waals surface area (Å²) in [5.41, 5.74) is 1.37. The molecule has 0 aliphatic heterocycles. The summed E-state index contributed by atoms with van der Waals surface area (Å²) in [6.07, 6.45) is 3.80. The molecule has 2 rings (SSSR count). The molecule has 1 amide bonds. The van der Waals surface area contributed by atoms with Gasteiger partial charge < -0.3 is 9.73 Å². The monoisotopic (exact) mass is 309 g/mol. The van der Waals surface area contributed by atoms with Crippen LogP contribution in [-0.2, 0) is 14.8 Å². The fourth-order valence-electron chi connectivity index (χ4n) is 1.59. The van der Waals surface area contributed by atoms with Crippen molar-refractivity contribution in [2.45, 2.75) is 0 Å². The van der Waals surface area contributed by atoms with Gasteiger partial charge in [0.2, 0.25) is 21.8 Å². The quantitative estimate of drug-likeness (QED) is 0.598. The van der Waals surface area contributed by atoms with E-state index in [1.54, 1.807) is 6.07 Å². The molecule has 2 aromatic rings. The van der Waals surface area contributed by atoms with E-state index in [1.165, 1.54) is 12.2 Å². The Bertz CT molecular complexity index is 732. The number of nitrogens with zero attached hydrogens (tertiary/aromatic N) is 1. The van der Waals surface area contributed by atoms with Crippen LogP contribution in [0.5, 0.6) is 0 Å². The number of oxazole rings is 1. The molecule has 0 saturated carbocycles. The summed E-state index contributed by atoms with van der Waals surface area (Å²) < 4.78 is 29.3. The summed E-state index contributed by atoms with van der Waals surface area (Å²) in [7, 11) is -3.24. The topological polar surface area (TPSA) is 101 Å². The van der Waals surface area contributed by atoms with E-state index in [4.69, 9.17) is 4.42 Å². The van der Waals surface area contributed by atoms with Crippen LogP contribution in [0.3, 0.4) is 0 Å². The number of rotatable bonds is 6. The van der Waals surface area contributed by atoms with Gasteiger partial charge in [-0.2, -0.15) is 0 Å². The molecule has 21 heavy (non-hydrogen) atoms. The van der Waals surface area contributed by atoms with Gasteiger partial charge in [0.25, 0.3) is 0 Å². The first-order valence-electron chi connectivity index (χ1n) is 6.20. The third-order valence-electron chi connectivity index (χ3n) is 2.48. The number of sulfonamides is 1. The van der Waals surface area contributed by atoms with Crippen molar-refractivity contribution < 1.29 is 17.6 Å². The van der Waals surface area contributed by atoms with E-state index in [9.17, 15) is 13.2 Å². The molecule has 0 spiro atoms. The van der Waals surface area contributed by atoms with Gasteiger partial charge in [0, 0.05) is 25.2 Å². The summed E-state index contributed by atoms with van der Waals surface area (Å²) in [6, 6.07) is 7.28. The molecule has 7 nitrogen and oxygen atoms in total. The molecule has 1 aromatic heterocycles. The number of carbonyl (C=O) groups excluding carboxylic acids is 1. The average Bonchev–Trinajstić information content (AvgIpc) is 2.83.